The lowest BCUT2D eigenvalue weighted by atomic mass is 10.1. The highest BCUT2D eigenvalue weighted by Gasteiger charge is 2.08. The van der Waals surface area contributed by atoms with Crippen molar-refractivity contribution in [2.24, 2.45) is 0 Å². The molecule has 0 radical (unpaired) electrons. The first kappa shape index (κ1) is 15.7. The third-order valence-corrected chi connectivity index (χ3v) is 3.64. The van der Waals surface area contributed by atoms with Crippen LogP contribution in [0.5, 0.6) is 5.75 Å². The monoisotopic (exact) mass is 325 g/mol. The van der Waals surface area contributed by atoms with Crippen LogP contribution in [0.2, 0.25) is 0 Å². The van der Waals surface area contributed by atoms with Crippen LogP contribution in [-0.2, 0) is 6.42 Å². The number of aromatic nitrogens is 2. The predicted molar refractivity (Wildman–Crippen MR) is 94.2 cm³/mol. The van der Waals surface area contributed by atoms with Crippen LogP contribution in [0.1, 0.15) is 5.56 Å². The number of ether oxygens (including phenoxy) is 1. The Morgan fingerprint density at radius 3 is 2.79 bits per heavy atom. The number of nitrogen functional groups attached to an aromatic ring is 1. The van der Waals surface area contributed by atoms with Gasteiger partial charge >= 0.3 is 6.03 Å². The lowest BCUT2D eigenvalue weighted by Gasteiger charge is -2.08. The molecule has 24 heavy (non-hydrogen) atoms. The summed E-state index contributed by atoms with van der Waals surface area (Å²) in [5, 5.41) is 5.62. The standard InChI is InChI=1S/C17H19N5O2/c1-24-12-7-5-11(6-8-12)9-10-19-17(23)21-14-4-2-3-13-15(14)22-16(18)20-13/h2-8H,9-10H2,1H3,(H3,18,20,22)(H2,19,21,23). The molecule has 5 N–H and O–H groups in total. The van der Waals surface area contributed by atoms with E-state index >= 15 is 0 Å². The van der Waals surface area contributed by atoms with E-state index < -0.39 is 0 Å². The molecule has 0 spiro atoms. The molecule has 1 heterocycles. The Bertz CT molecular complexity index is 842. The number of fused-ring (bicyclic) bond motifs is 1. The van der Waals surface area contributed by atoms with Gasteiger partial charge in [-0.1, -0.05) is 18.2 Å². The van der Waals surface area contributed by atoms with Crippen LogP contribution in [0.25, 0.3) is 11.0 Å². The number of para-hydroxylation sites is 1. The molecule has 0 fully saturated rings. The smallest absolute Gasteiger partial charge is 0.319 e. The number of hydrogen-bond donors (Lipinski definition) is 4. The van der Waals surface area contributed by atoms with Gasteiger partial charge in [0.15, 0.2) is 5.95 Å². The SMILES string of the molecule is COc1ccc(CCNC(=O)Nc2cccc3[nH]c(N)nc23)cc1. The van der Waals surface area contributed by atoms with Crippen LogP contribution in [0.3, 0.4) is 0 Å². The van der Waals surface area contributed by atoms with Crippen molar-refractivity contribution in [3.63, 3.8) is 0 Å². The number of anilines is 2. The summed E-state index contributed by atoms with van der Waals surface area (Å²) in [6, 6.07) is 12.9. The molecule has 7 nitrogen and oxygen atoms in total. The number of aromatic amines is 1. The van der Waals surface area contributed by atoms with E-state index in [0.717, 1.165) is 23.3 Å². The highest BCUT2D eigenvalue weighted by atomic mass is 16.5. The molecular formula is C17H19N5O2. The minimum atomic E-state index is -0.280. The summed E-state index contributed by atoms with van der Waals surface area (Å²) in [5.74, 6) is 1.13. The molecule has 2 aromatic carbocycles. The number of nitrogens with two attached hydrogens (primary N) is 1. The number of carbonyl (C=O) groups is 1. The van der Waals surface area contributed by atoms with Crippen molar-refractivity contribution in [1.82, 2.24) is 15.3 Å². The van der Waals surface area contributed by atoms with E-state index in [-0.39, 0.29) is 6.03 Å². The Hall–Kier alpha value is -3.22. The van der Waals surface area contributed by atoms with E-state index in [0.29, 0.717) is 23.7 Å². The Labute approximate surface area is 139 Å². The molecule has 0 saturated heterocycles. The van der Waals surface area contributed by atoms with Gasteiger partial charge in [-0.15, -0.1) is 0 Å². The Balaban J connectivity index is 1.55. The zero-order chi connectivity index (χ0) is 16.9. The summed E-state index contributed by atoms with van der Waals surface area (Å²) in [7, 11) is 1.63. The number of urea groups is 1. The van der Waals surface area contributed by atoms with Crippen LogP contribution in [0, 0.1) is 0 Å². The summed E-state index contributed by atoms with van der Waals surface area (Å²) in [6.45, 7) is 0.525. The summed E-state index contributed by atoms with van der Waals surface area (Å²) >= 11 is 0. The fourth-order valence-corrected chi connectivity index (χ4v) is 2.43. The molecule has 3 rings (SSSR count). The molecule has 0 bridgehead atoms. The van der Waals surface area contributed by atoms with Crippen LogP contribution < -0.4 is 21.1 Å². The quantitative estimate of drug-likeness (QED) is 0.578. The highest BCUT2D eigenvalue weighted by Crippen LogP contribution is 2.21. The van der Waals surface area contributed by atoms with Gasteiger partial charge in [0.05, 0.1) is 18.3 Å². The van der Waals surface area contributed by atoms with Crippen molar-refractivity contribution in [2.75, 3.05) is 24.7 Å². The molecule has 0 aliphatic rings. The maximum absolute atomic E-state index is 12.0. The number of rotatable bonds is 5. The van der Waals surface area contributed by atoms with Gasteiger partial charge in [-0.3, -0.25) is 0 Å². The second kappa shape index (κ2) is 6.91. The van der Waals surface area contributed by atoms with E-state index in [1.54, 1.807) is 13.2 Å². The maximum atomic E-state index is 12.0. The zero-order valence-electron chi connectivity index (χ0n) is 13.3. The number of nitrogens with zero attached hydrogens (tertiary/aromatic N) is 1. The van der Waals surface area contributed by atoms with Crippen molar-refractivity contribution in [2.45, 2.75) is 6.42 Å². The second-order valence-electron chi connectivity index (χ2n) is 5.30. The fraction of sp³-hybridized carbons (Fsp3) is 0.176. The zero-order valence-corrected chi connectivity index (χ0v) is 13.3. The van der Waals surface area contributed by atoms with E-state index in [4.69, 9.17) is 10.5 Å². The first-order valence-electron chi connectivity index (χ1n) is 7.57. The summed E-state index contributed by atoms with van der Waals surface area (Å²) < 4.78 is 5.12. The summed E-state index contributed by atoms with van der Waals surface area (Å²) in [6.07, 6.45) is 0.733. The number of benzene rings is 2. The Kier molecular flexibility index (Phi) is 4.51. The number of hydrogen-bond acceptors (Lipinski definition) is 4. The van der Waals surface area contributed by atoms with Crippen LogP contribution in [0.15, 0.2) is 42.5 Å². The van der Waals surface area contributed by atoms with Crippen molar-refractivity contribution in [3.05, 3.63) is 48.0 Å². The van der Waals surface area contributed by atoms with Gasteiger partial charge in [0.2, 0.25) is 0 Å². The summed E-state index contributed by atoms with van der Waals surface area (Å²) in [4.78, 5) is 19.2. The topological polar surface area (TPSA) is 105 Å². The van der Waals surface area contributed by atoms with Gasteiger partial charge in [-0.2, -0.15) is 0 Å². The lowest BCUT2D eigenvalue weighted by Crippen LogP contribution is -2.30. The molecule has 3 aromatic rings. The fourth-order valence-electron chi connectivity index (χ4n) is 2.43. The van der Waals surface area contributed by atoms with Gasteiger partial charge < -0.3 is 26.1 Å². The number of amides is 2. The Morgan fingerprint density at radius 1 is 1.25 bits per heavy atom. The molecule has 0 unspecified atom stereocenters. The number of H-pyrrole nitrogens is 1. The first-order chi connectivity index (χ1) is 11.7. The van der Waals surface area contributed by atoms with Crippen molar-refractivity contribution >= 4 is 28.7 Å². The van der Waals surface area contributed by atoms with Crippen molar-refractivity contribution < 1.29 is 9.53 Å². The lowest BCUT2D eigenvalue weighted by molar-refractivity contribution is 0.252. The first-order valence-corrected chi connectivity index (χ1v) is 7.57. The minimum absolute atomic E-state index is 0.280. The molecule has 124 valence electrons. The number of nitrogens with one attached hydrogen (secondary N) is 3. The van der Waals surface area contributed by atoms with Gasteiger partial charge in [-0.05, 0) is 36.2 Å². The number of imidazole rings is 1. The normalized spacial score (nSPS) is 10.5. The average Bonchev–Trinajstić information content (AvgIpc) is 2.97. The predicted octanol–water partition coefficient (Wildman–Crippen LogP) is 2.52. The van der Waals surface area contributed by atoms with Crippen LogP contribution >= 0.6 is 0 Å². The molecule has 0 saturated carbocycles. The molecular weight excluding hydrogens is 306 g/mol. The molecule has 1 aromatic heterocycles. The van der Waals surface area contributed by atoms with E-state index in [2.05, 4.69) is 20.6 Å². The maximum Gasteiger partial charge on any atom is 0.319 e. The van der Waals surface area contributed by atoms with Crippen LogP contribution in [0.4, 0.5) is 16.4 Å². The van der Waals surface area contributed by atoms with Gasteiger partial charge in [0.25, 0.3) is 0 Å². The number of methoxy groups -OCH3 is 1. The number of carbonyl (C=O) groups excluding carboxylic acids is 1. The largest absolute Gasteiger partial charge is 0.497 e. The average molecular weight is 325 g/mol. The minimum Gasteiger partial charge on any atom is -0.497 e. The van der Waals surface area contributed by atoms with Crippen molar-refractivity contribution in [1.29, 1.82) is 0 Å². The van der Waals surface area contributed by atoms with Gasteiger partial charge in [0.1, 0.15) is 11.3 Å². The third kappa shape index (κ3) is 3.57. The van der Waals surface area contributed by atoms with E-state index in [9.17, 15) is 4.79 Å². The van der Waals surface area contributed by atoms with E-state index in [1.165, 1.54) is 0 Å². The molecule has 2 amide bonds. The molecule has 7 heteroatoms. The third-order valence-electron chi connectivity index (χ3n) is 3.64. The molecule has 0 aliphatic heterocycles. The van der Waals surface area contributed by atoms with Crippen molar-refractivity contribution in [3.8, 4) is 5.75 Å². The van der Waals surface area contributed by atoms with Gasteiger partial charge in [0, 0.05) is 6.54 Å². The van der Waals surface area contributed by atoms with E-state index in [1.807, 2.05) is 36.4 Å². The summed E-state index contributed by atoms with van der Waals surface area (Å²) in [5.41, 5.74) is 8.81. The highest BCUT2D eigenvalue weighted by molar-refractivity contribution is 5.99. The van der Waals surface area contributed by atoms with Gasteiger partial charge in [-0.25, -0.2) is 9.78 Å². The van der Waals surface area contributed by atoms with Crippen LogP contribution in [-0.4, -0.2) is 29.7 Å². The Morgan fingerprint density at radius 2 is 2.04 bits per heavy atom. The molecule has 0 atom stereocenters. The molecule has 0 aliphatic carbocycles. The second-order valence-corrected chi connectivity index (χ2v) is 5.30.